The largest absolute Gasteiger partial charge is 0.485 e. The molecule has 1 N–H and O–H groups in total. The molecule has 0 amide bonds. The van der Waals surface area contributed by atoms with E-state index >= 15 is 0 Å². The normalized spacial score (nSPS) is 11.0. The van der Waals surface area contributed by atoms with Crippen LogP contribution in [0.2, 0.25) is 0 Å². The van der Waals surface area contributed by atoms with E-state index in [1.54, 1.807) is 25.3 Å². The maximum absolute atomic E-state index is 13.7. The van der Waals surface area contributed by atoms with Crippen LogP contribution in [0.1, 0.15) is 28.7 Å². The maximum atomic E-state index is 13.7. The second kappa shape index (κ2) is 6.27. The molecule has 0 bridgehead atoms. The Bertz CT molecular complexity index is 901. The molecule has 0 saturated heterocycles. The fourth-order valence-electron chi connectivity index (χ4n) is 2.50. The zero-order valence-electron chi connectivity index (χ0n) is 12.8. The van der Waals surface area contributed by atoms with Gasteiger partial charge in [0.25, 0.3) is 0 Å². The highest BCUT2D eigenvalue weighted by Crippen LogP contribution is 2.24. The number of hydrogen-bond acceptors (Lipinski definition) is 3. The highest BCUT2D eigenvalue weighted by molar-refractivity contribution is 5.88. The van der Waals surface area contributed by atoms with Crippen molar-refractivity contribution in [2.45, 2.75) is 20.0 Å². The summed E-state index contributed by atoms with van der Waals surface area (Å²) < 4.78 is 34.3. The Morgan fingerprint density at radius 1 is 1.25 bits per heavy atom. The maximum Gasteiger partial charge on any atom is 0.354 e. The van der Waals surface area contributed by atoms with Crippen molar-refractivity contribution in [3.63, 3.8) is 0 Å². The van der Waals surface area contributed by atoms with Crippen LogP contribution in [0.15, 0.2) is 36.5 Å². The summed E-state index contributed by atoms with van der Waals surface area (Å²) in [6.45, 7) is 1.47. The van der Waals surface area contributed by atoms with Crippen LogP contribution >= 0.6 is 0 Å². The number of carbonyl (C=O) groups is 1. The number of aryl methyl sites for hydroxylation is 1. The van der Waals surface area contributed by atoms with Crippen LogP contribution in [0.5, 0.6) is 5.75 Å². The Morgan fingerprint density at radius 2 is 1.96 bits per heavy atom. The topological polar surface area (TPSA) is 63.8 Å². The van der Waals surface area contributed by atoms with E-state index in [-0.39, 0.29) is 23.6 Å². The van der Waals surface area contributed by atoms with Crippen LogP contribution in [-0.4, -0.2) is 20.5 Å². The number of pyridine rings is 1. The number of nitrogens with zero attached hydrogens (tertiary/aromatic N) is 2. The van der Waals surface area contributed by atoms with Crippen LogP contribution < -0.4 is 4.74 Å². The first-order chi connectivity index (χ1) is 11.5. The van der Waals surface area contributed by atoms with Crippen molar-refractivity contribution >= 4 is 11.6 Å². The van der Waals surface area contributed by atoms with Crippen molar-refractivity contribution in [3.8, 4) is 5.75 Å². The third-order valence-electron chi connectivity index (χ3n) is 3.66. The summed E-state index contributed by atoms with van der Waals surface area (Å²) in [5, 5.41) is 9.35. The molecule has 0 aliphatic rings. The Labute approximate surface area is 136 Å². The average Bonchev–Trinajstić information content (AvgIpc) is 2.94. The molecule has 0 aliphatic heterocycles. The van der Waals surface area contributed by atoms with Gasteiger partial charge in [-0.2, -0.15) is 0 Å². The van der Waals surface area contributed by atoms with Crippen molar-refractivity contribution < 1.29 is 23.4 Å². The van der Waals surface area contributed by atoms with Crippen LogP contribution in [-0.2, 0) is 13.0 Å². The zero-order valence-corrected chi connectivity index (χ0v) is 12.8. The summed E-state index contributed by atoms with van der Waals surface area (Å²) in [6, 6.07) is 6.74. The molecular weight excluding hydrogens is 318 g/mol. The summed E-state index contributed by atoms with van der Waals surface area (Å²) in [5.41, 5.74) is 0.564. The van der Waals surface area contributed by atoms with E-state index in [1.807, 2.05) is 0 Å². The molecule has 124 valence electrons. The Hall–Kier alpha value is -2.96. The Morgan fingerprint density at radius 3 is 2.58 bits per heavy atom. The molecule has 5 nitrogen and oxygen atoms in total. The minimum Gasteiger partial charge on any atom is -0.485 e. The molecule has 0 unspecified atom stereocenters. The van der Waals surface area contributed by atoms with Crippen molar-refractivity contribution in [3.05, 3.63) is 65.1 Å². The van der Waals surface area contributed by atoms with Gasteiger partial charge in [0.05, 0.1) is 11.3 Å². The lowest BCUT2D eigenvalue weighted by atomic mass is 10.2. The SMILES string of the molecule is CCc1nc2c(OCc3c(F)cccc3F)cccn2c1C(=O)O. The van der Waals surface area contributed by atoms with Gasteiger partial charge in [-0.3, -0.25) is 4.40 Å². The monoisotopic (exact) mass is 332 g/mol. The van der Waals surface area contributed by atoms with E-state index in [0.717, 1.165) is 12.1 Å². The molecule has 24 heavy (non-hydrogen) atoms. The third kappa shape index (κ3) is 2.68. The van der Waals surface area contributed by atoms with E-state index in [1.165, 1.54) is 10.5 Å². The lowest BCUT2D eigenvalue weighted by Gasteiger charge is -2.09. The number of carboxylic acids is 1. The number of hydrogen-bond donors (Lipinski definition) is 1. The highest BCUT2D eigenvalue weighted by Gasteiger charge is 2.20. The van der Waals surface area contributed by atoms with Crippen molar-refractivity contribution in [2.24, 2.45) is 0 Å². The molecular formula is C17H14F2N2O3. The molecule has 0 aliphatic carbocycles. The number of ether oxygens (including phenoxy) is 1. The molecule has 2 heterocycles. The Kier molecular flexibility index (Phi) is 4.16. The predicted octanol–water partition coefficient (Wildman–Crippen LogP) is 3.45. The van der Waals surface area contributed by atoms with E-state index < -0.39 is 17.6 Å². The summed E-state index contributed by atoms with van der Waals surface area (Å²) in [5.74, 6) is -2.25. The predicted molar refractivity (Wildman–Crippen MR) is 82.2 cm³/mol. The summed E-state index contributed by atoms with van der Waals surface area (Å²) in [6.07, 6.45) is 1.99. The number of rotatable bonds is 5. The Balaban J connectivity index is 2.00. The van der Waals surface area contributed by atoms with Gasteiger partial charge >= 0.3 is 5.97 Å². The molecule has 0 spiro atoms. The van der Waals surface area contributed by atoms with Gasteiger partial charge in [-0.05, 0) is 30.7 Å². The second-order valence-corrected chi connectivity index (χ2v) is 5.12. The molecule has 0 radical (unpaired) electrons. The number of halogens is 2. The van der Waals surface area contributed by atoms with Gasteiger partial charge in [-0.25, -0.2) is 18.6 Å². The summed E-state index contributed by atoms with van der Waals surface area (Å²) >= 11 is 0. The van der Waals surface area contributed by atoms with Gasteiger partial charge in [0.1, 0.15) is 18.2 Å². The number of aromatic carboxylic acids is 1. The first-order valence-electron chi connectivity index (χ1n) is 7.31. The first kappa shape index (κ1) is 15.9. The minimum absolute atomic E-state index is 0.0509. The van der Waals surface area contributed by atoms with Gasteiger partial charge in [-0.1, -0.05) is 13.0 Å². The molecule has 7 heteroatoms. The van der Waals surface area contributed by atoms with Crippen LogP contribution in [0.4, 0.5) is 8.78 Å². The fourth-order valence-corrected chi connectivity index (χ4v) is 2.50. The van der Waals surface area contributed by atoms with E-state index in [9.17, 15) is 18.7 Å². The smallest absolute Gasteiger partial charge is 0.354 e. The fraction of sp³-hybridized carbons (Fsp3) is 0.176. The van der Waals surface area contributed by atoms with Crippen molar-refractivity contribution in [1.82, 2.24) is 9.38 Å². The first-order valence-corrected chi connectivity index (χ1v) is 7.31. The van der Waals surface area contributed by atoms with Gasteiger partial charge < -0.3 is 9.84 Å². The lowest BCUT2D eigenvalue weighted by molar-refractivity contribution is 0.0688. The molecule has 1 aromatic carbocycles. The molecule has 2 aromatic heterocycles. The molecule has 3 aromatic rings. The van der Waals surface area contributed by atoms with Gasteiger partial charge in [0.2, 0.25) is 0 Å². The van der Waals surface area contributed by atoms with Gasteiger partial charge in [0, 0.05) is 6.20 Å². The van der Waals surface area contributed by atoms with Crippen LogP contribution in [0, 0.1) is 11.6 Å². The molecule has 0 fully saturated rings. The van der Waals surface area contributed by atoms with Gasteiger partial charge in [0.15, 0.2) is 17.1 Å². The minimum atomic E-state index is -1.10. The molecule has 3 rings (SSSR count). The third-order valence-corrected chi connectivity index (χ3v) is 3.66. The molecule has 0 saturated carbocycles. The van der Waals surface area contributed by atoms with Crippen LogP contribution in [0.3, 0.4) is 0 Å². The number of benzene rings is 1. The number of imidazole rings is 1. The van der Waals surface area contributed by atoms with Gasteiger partial charge in [-0.15, -0.1) is 0 Å². The summed E-state index contributed by atoms with van der Waals surface area (Å²) in [7, 11) is 0. The molecule has 0 atom stereocenters. The van der Waals surface area contributed by atoms with E-state index in [4.69, 9.17) is 4.74 Å². The number of fused-ring (bicyclic) bond motifs is 1. The second-order valence-electron chi connectivity index (χ2n) is 5.12. The standard InChI is InChI=1S/C17H14F2N2O3/c1-2-13-15(17(22)23)21-8-4-7-14(16(21)20-13)24-9-10-11(18)5-3-6-12(10)19/h3-8H,2,9H2,1H3,(H,22,23). The number of aromatic nitrogens is 2. The number of carboxylic acid groups (broad SMARTS) is 1. The van der Waals surface area contributed by atoms with Crippen molar-refractivity contribution in [2.75, 3.05) is 0 Å². The lowest BCUT2D eigenvalue weighted by Crippen LogP contribution is -2.06. The van der Waals surface area contributed by atoms with E-state index in [2.05, 4.69) is 4.98 Å². The zero-order chi connectivity index (χ0) is 17.3. The summed E-state index contributed by atoms with van der Waals surface area (Å²) in [4.78, 5) is 15.7. The quantitative estimate of drug-likeness (QED) is 0.777. The van der Waals surface area contributed by atoms with E-state index in [0.29, 0.717) is 17.8 Å². The van der Waals surface area contributed by atoms with Crippen molar-refractivity contribution in [1.29, 1.82) is 0 Å². The highest BCUT2D eigenvalue weighted by atomic mass is 19.1. The van der Waals surface area contributed by atoms with Crippen LogP contribution in [0.25, 0.3) is 5.65 Å². The average molecular weight is 332 g/mol.